The highest BCUT2D eigenvalue weighted by atomic mass is 79.9. The number of hydrogen-bond acceptors (Lipinski definition) is 2. The number of benzene rings is 1. The average molecular weight is 326 g/mol. The molecule has 1 heterocycles. The lowest BCUT2D eigenvalue weighted by Crippen LogP contribution is -2.14. The van der Waals surface area contributed by atoms with Crippen LogP contribution in [0.1, 0.15) is 12.8 Å². The van der Waals surface area contributed by atoms with E-state index < -0.39 is 0 Å². The first-order chi connectivity index (χ1) is 8.63. The maximum atomic E-state index is 11.7. The van der Waals surface area contributed by atoms with Gasteiger partial charge < -0.3 is 5.32 Å². The summed E-state index contributed by atoms with van der Waals surface area (Å²) >= 11 is 9.52. The van der Waals surface area contributed by atoms with Gasteiger partial charge in [0.05, 0.1) is 5.02 Å². The molecule has 0 radical (unpaired) electrons. The number of nitrogens with zero attached hydrogens (tertiary/aromatic N) is 1. The van der Waals surface area contributed by atoms with E-state index in [2.05, 4.69) is 26.2 Å². The van der Waals surface area contributed by atoms with E-state index in [9.17, 15) is 4.79 Å². The quantitative estimate of drug-likeness (QED) is 0.907. The fourth-order valence-electron chi connectivity index (χ4n) is 1.82. The lowest BCUT2D eigenvalue weighted by atomic mass is 10.2. The van der Waals surface area contributed by atoms with Crippen LogP contribution in [0, 0.1) is 5.92 Å². The van der Waals surface area contributed by atoms with Crippen molar-refractivity contribution in [3.05, 3.63) is 33.9 Å². The van der Waals surface area contributed by atoms with Gasteiger partial charge in [-0.2, -0.15) is 0 Å². The van der Waals surface area contributed by atoms with Crippen LogP contribution in [0.5, 0.6) is 0 Å². The number of anilines is 1. The third kappa shape index (κ3) is 2.35. The average Bonchev–Trinajstić information content (AvgIpc) is 3.11. The van der Waals surface area contributed by atoms with Gasteiger partial charge in [-0.15, -0.1) is 0 Å². The van der Waals surface area contributed by atoms with Crippen molar-refractivity contribution < 1.29 is 4.79 Å². The SMILES string of the molecule is O=C(Nc1cc2cc(Br)cc(Cl)c2cn1)C1CC1. The summed E-state index contributed by atoms with van der Waals surface area (Å²) < 4.78 is 0.908. The van der Waals surface area contributed by atoms with Gasteiger partial charge in [0, 0.05) is 22.0 Å². The predicted octanol–water partition coefficient (Wildman–Crippen LogP) is 4.00. The molecule has 92 valence electrons. The van der Waals surface area contributed by atoms with Gasteiger partial charge in [-0.3, -0.25) is 4.79 Å². The molecule has 3 nitrogen and oxygen atoms in total. The summed E-state index contributed by atoms with van der Waals surface area (Å²) in [5, 5.41) is 5.30. The maximum Gasteiger partial charge on any atom is 0.228 e. The fraction of sp³-hybridized carbons (Fsp3) is 0.231. The van der Waals surface area contributed by atoms with Crippen LogP contribution in [-0.4, -0.2) is 10.9 Å². The Morgan fingerprint density at radius 2 is 2.17 bits per heavy atom. The van der Waals surface area contributed by atoms with Crippen LogP contribution in [0.4, 0.5) is 5.82 Å². The third-order valence-electron chi connectivity index (χ3n) is 2.95. The predicted molar refractivity (Wildman–Crippen MR) is 75.8 cm³/mol. The molecule has 1 aromatic carbocycles. The van der Waals surface area contributed by atoms with Crippen molar-refractivity contribution in [2.24, 2.45) is 5.92 Å². The number of rotatable bonds is 2. The van der Waals surface area contributed by atoms with E-state index in [0.717, 1.165) is 28.1 Å². The van der Waals surface area contributed by atoms with Crippen LogP contribution < -0.4 is 5.32 Å². The molecule has 1 saturated carbocycles. The van der Waals surface area contributed by atoms with Crippen LogP contribution in [0.3, 0.4) is 0 Å². The van der Waals surface area contributed by atoms with Crippen LogP contribution >= 0.6 is 27.5 Å². The lowest BCUT2D eigenvalue weighted by molar-refractivity contribution is -0.117. The number of carbonyl (C=O) groups excluding carboxylic acids is 1. The summed E-state index contributed by atoms with van der Waals surface area (Å²) in [6, 6.07) is 5.62. The van der Waals surface area contributed by atoms with Crippen molar-refractivity contribution in [3.63, 3.8) is 0 Å². The Kier molecular flexibility index (Phi) is 2.99. The van der Waals surface area contributed by atoms with Crippen LogP contribution in [-0.2, 0) is 4.79 Å². The molecule has 0 aliphatic heterocycles. The first kappa shape index (κ1) is 11.9. The van der Waals surface area contributed by atoms with Gasteiger partial charge in [-0.05, 0) is 36.4 Å². The highest BCUT2D eigenvalue weighted by Crippen LogP contribution is 2.31. The first-order valence-electron chi connectivity index (χ1n) is 5.69. The minimum Gasteiger partial charge on any atom is -0.310 e. The second kappa shape index (κ2) is 4.52. The fourth-order valence-corrected chi connectivity index (χ4v) is 2.70. The van der Waals surface area contributed by atoms with E-state index in [-0.39, 0.29) is 11.8 Å². The minimum absolute atomic E-state index is 0.0583. The number of pyridine rings is 1. The molecule has 0 bridgehead atoms. The topological polar surface area (TPSA) is 42.0 Å². The molecule has 1 aliphatic rings. The summed E-state index contributed by atoms with van der Waals surface area (Å²) in [6.07, 6.45) is 3.65. The number of carbonyl (C=O) groups is 1. The molecule has 5 heteroatoms. The summed E-state index contributed by atoms with van der Waals surface area (Å²) in [5.74, 6) is 0.810. The molecule has 1 aliphatic carbocycles. The Morgan fingerprint density at radius 1 is 1.39 bits per heavy atom. The van der Waals surface area contributed by atoms with E-state index in [4.69, 9.17) is 11.6 Å². The van der Waals surface area contributed by atoms with Gasteiger partial charge in [-0.1, -0.05) is 27.5 Å². The van der Waals surface area contributed by atoms with Gasteiger partial charge in [-0.25, -0.2) is 4.98 Å². The third-order valence-corrected chi connectivity index (χ3v) is 3.72. The molecular formula is C13H10BrClN2O. The second-order valence-corrected chi connectivity index (χ2v) is 5.76. The smallest absolute Gasteiger partial charge is 0.228 e. The summed E-state index contributed by atoms with van der Waals surface area (Å²) in [4.78, 5) is 15.9. The Labute approximate surface area is 118 Å². The van der Waals surface area contributed by atoms with Gasteiger partial charge in [0.15, 0.2) is 0 Å². The highest BCUT2D eigenvalue weighted by Gasteiger charge is 2.29. The molecule has 1 N–H and O–H groups in total. The zero-order valence-electron chi connectivity index (χ0n) is 9.41. The molecule has 0 atom stereocenters. The van der Waals surface area contributed by atoms with Gasteiger partial charge >= 0.3 is 0 Å². The summed E-state index contributed by atoms with van der Waals surface area (Å²) in [6.45, 7) is 0. The van der Waals surface area contributed by atoms with Crippen molar-refractivity contribution in [2.45, 2.75) is 12.8 Å². The van der Waals surface area contributed by atoms with Gasteiger partial charge in [0.2, 0.25) is 5.91 Å². The Balaban J connectivity index is 1.97. The number of halogens is 2. The van der Waals surface area contributed by atoms with E-state index in [1.54, 1.807) is 6.20 Å². The molecule has 1 aromatic heterocycles. The monoisotopic (exact) mass is 324 g/mol. The van der Waals surface area contributed by atoms with Crippen molar-refractivity contribution in [1.29, 1.82) is 0 Å². The van der Waals surface area contributed by atoms with E-state index in [0.29, 0.717) is 10.8 Å². The molecule has 1 amide bonds. The van der Waals surface area contributed by atoms with Crippen molar-refractivity contribution in [3.8, 4) is 0 Å². The normalized spacial score (nSPS) is 14.8. The van der Waals surface area contributed by atoms with Gasteiger partial charge in [0.25, 0.3) is 0 Å². The zero-order valence-corrected chi connectivity index (χ0v) is 11.8. The number of aromatic nitrogens is 1. The molecule has 1 fully saturated rings. The first-order valence-corrected chi connectivity index (χ1v) is 6.86. The van der Waals surface area contributed by atoms with Crippen molar-refractivity contribution in [2.75, 3.05) is 5.32 Å². The molecule has 3 rings (SSSR count). The van der Waals surface area contributed by atoms with Crippen LogP contribution in [0.25, 0.3) is 10.8 Å². The van der Waals surface area contributed by atoms with Crippen molar-refractivity contribution in [1.82, 2.24) is 4.98 Å². The Morgan fingerprint density at radius 3 is 2.89 bits per heavy atom. The highest BCUT2D eigenvalue weighted by molar-refractivity contribution is 9.10. The van der Waals surface area contributed by atoms with E-state index >= 15 is 0 Å². The largest absolute Gasteiger partial charge is 0.310 e. The zero-order chi connectivity index (χ0) is 12.7. The number of fused-ring (bicyclic) bond motifs is 1. The van der Waals surface area contributed by atoms with Crippen LogP contribution in [0.2, 0.25) is 5.02 Å². The van der Waals surface area contributed by atoms with Crippen LogP contribution in [0.15, 0.2) is 28.9 Å². The molecule has 0 unspecified atom stereocenters. The Hall–Kier alpha value is -1.13. The molecule has 0 saturated heterocycles. The second-order valence-electron chi connectivity index (χ2n) is 4.44. The maximum absolute atomic E-state index is 11.7. The molecule has 18 heavy (non-hydrogen) atoms. The van der Waals surface area contributed by atoms with Gasteiger partial charge in [0.1, 0.15) is 5.82 Å². The number of amides is 1. The lowest BCUT2D eigenvalue weighted by Gasteiger charge is -2.06. The minimum atomic E-state index is 0.0583. The summed E-state index contributed by atoms with van der Waals surface area (Å²) in [7, 11) is 0. The molecule has 2 aromatic rings. The van der Waals surface area contributed by atoms with Crippen molar-refractivity contribution >= 4 is 50.0 Å². The van der Waals surface area contributed by atoms with E-state index in [1.807, 2.05) is 18.2 Å². The molecular weight excluding hydrogens is 316 g/mol. The number of hydrogen-bond donors (Lipinski definition) is 1. The standard InChI is InChI=1S/C13H10BrClN2O/c14-9-3-8-4-12(17-13(18)7-1-2-7)16-6-10(8)11(15)5-9/h3-7H,1-2H2,(H,16,17,18). The number of nitrogens with one attached hydrogen (secondary N) is 1. The molecule has 0 spiro atoms. The Bertz CT molecular complexity index is 640. The summed E-state index contributed by atoms with van der Waals surface area (Å²) in [5.41, 5.74) is 0. The van der Waals surface area contributed by atoms with E-state index in [1.165, 1.54) is 0 Å².